The van der Waals surface area contributed by atoms with Gasteiger partial charge in [-0.05, 0) is 36.4 Å². The first kappa shape index (κ1) is 20.5. The Hall–Kier alpha value is -3.19. The molecule has 0 aliphatic rings. The highest BCUT2D eigenvalue weighted by Crippen LogP contribution is 2.33. The fourth-order valence-electron chi connectivity index (χ4n) is 2.55. The summed E-state index contributed by atoms with van der Waals surface area (Å²) in [5.41, 5.74) is 0.402. The summed E-state index contributed by atoms with van der Waals surface area (Å²) >= 11 is 1.53. The molecule has 0 spiro atoms. The molecule has 148 valence electrons. The summed E-state index contributed by atoms with van der Waals surface area (Å²) in [7, 11) is 0. The first-order valence-corrected chi connectivity index (χ1v) is 9.69. The van der Waals surface area contributed by atoms with Crippen molar-refractivity contribution in [3.05, 3.63) is 90.0 Å². The van der Waals surface area contributed by atoms with Gasteiger partial charge in [0, 0.05) is 28.8 Å². The lowest BCUT2D eigenvalue weighted by Crippen LogP contribution is -2.28. The number of rotatable bonds is 7. The summed E-state index contributed by atoms with van der Waals surface area (Å²) in [5, 5.41) is 5.29. The van der Waals surface area contributed by atoms with Gasteiger partial charge in [-0.1, -0.05) is 42.1 Å². The molecule has 0 saturated carbocycles. The summed E-state index contributed by atoms with van der Waals surface area (Å²) in [6.07, 6.45) is 0.0128. The lowest BCUT2D eigenvalue weighted by atomic mass is 10.2. The molecule has 7 heteroatoms. The second-order valence-corrected chi connectivity index (χ2v) is 7.20. The van der Waals surface area contributed by atoms with E-state index in [-0.39, 0.29) is 24.4 Å². The van der Waals surface area contributed by atoms with Gasteiger partial charge in [-0.2, -0.15) is 0 Å². The zero-order valence-electron chi connectivity index (χ0n) is 15.3. The van der Waals surface area contributed by atoms with Gasteiger partial charge in [-0.15, -0.1) is 0 Å². The topological polar surface area (TPSA) is 58.2 Å². The monoisotopic (exact) mass is 412 g/mol. The summed E-state index contributed by atoms with van der Waals surface area (Å²) in [6.45, 7) is 0.0233. The van der Waals surface area contributed by atoms with Crippen molar-refractivity contribution in [3.8, 4) is 0 Å². The number of benzene rings is 3. The van der Waals surface area contributed by atoms with Crippen LogP contribution in [-0.4, -0.2) is 18.4 Å². The van der Waals surface area contributed by atoms with Crippen molar-refractivity contribution in [1.82, 2.24) is 5.32 Å². The molecular weight excluding hydrogens is 394 g/mol. The van der Waals surface area contributed by atoms with E-state index in [0.29, 0.717) is 11.8 Å². The number of amides is 2. The van der Waals surface area contributed by atoms with Crippen LogP contribution in [0.1, 0.15) is 16.8 Å². The van der Waals surface area contributed by atoms with Gasteiger partial charge in [0.05, 0.1) is 11.3 Å². The van der Waals surface area contributed by atoms with Gasteiger partial charge in [0.2, 0.25) is 5.91 Å². The van der Waals surface area contributed by atoms with Gasteiger partial charge in [0.15, 0.2) is 0 Å². The van der Waals surface area contributed by atoms with Gasteiger partial charge in [0.25, 0.3) is 5.91 Å². The molecule has 0 bridgehead atoms. The molecule has 3 aromatic rings. The number of carbonyl (C=O) groups is 2. The van der Waals surface area contributed by atoms with Crippen LogP contribution in [0.2, 0.25) is 0 Å². The van der Waals surface area contributed by atoms with Crippen LogP contribution in [-0.2, 0) is 4.79 Å². The van der Waals surface area contributed by atoms with Gasteiger partial charge >= 0.3 is 0 Å². The van der Waals surface area contributed by atoms with Crippen molar-refractivity contribution in [2.45, 2.75) is 16.2 Å². The molecule has 2 N–H and O–H groups in total. The number of hydrogen-bond acceptors (Lipinski definition) is 3. The minimum Gasteiger partial charge on any atom is -0.351 e. The summed E-state index contributed by atoms with van der Waals surface area (Å²) in [6, 6.07) is 19.9. The number of carbonyl (C=O) groups excluding carboxylic acids is 2. The molecule has 2 amide bonds. The van der Waals surface area contributed by atoms with Crippen molar-refractivity contribution < 1.29 is 18.4 Å². The highest BCUT2D eigenvalue weighted by atomic mass is 32.2. The molecule has 0 saturated heterocycles. The fourth-order valence-corrected chi connectivity index (χ4v) is 3.47. The average Bonchev–Trinajstić information content (AvgIpc) is 2.70. The predicted molar refractivity (Wildman–Crippen MR) is 109 cm³/mol. The van der Waals surface area contributed by atoms with Crippen molar-refractivity contribution in [2.24, 2.45) is 0 Å². The fraction of sp³-hybridized carbons (Fsp3) is 0.0909. The molecular formula is C22H18F2N2O2S. The van der Waals surface area contributed by atoms with E-state index in [1.807, 2.05) is 48.5 Å². The standard InChI is InChI=1S/C22H18F2N2O2S/c23-15-10-11-17(18(24)14-15)22(28)25-13-12-21(27)26-19-8-4-5-9-20(19)29-16-6-2-1-3-7-16/h1-11,14H,12-13H2,(H,25,28)(H,26,27). The molecule has 0 aliphatic carbocycles. The third kappa shape index (κ3) is 5.89. The van der Waals surface area contributed by atoms with Crippen molar-refractivity contribution >= 4 is 29.3 Å². The van der Waals surface area contributed by atoms with E-state index in [0.717, 1.165) is 21.9 Å². The minimum absolute atomic E-state index is 0.0128. The molecule has 0 aromatic heterocycles. The van der Waals surface area contributed by atoms with Gasteiger partial charge in [0.1, 0.15) is 11.6 Å². The van der Waals surface area contributed by atoms with E-state index in [1.54, 1.807) is 6.07 Å². The highest BCUT2D eigenvalue weighted by Gasteiger charge is 2.13. The normalized spacial score (nSPS) is 10.4. The molecule has 0 heterocycles. The van der Waals surface area contributed by atoms with Crippen LogP contribution < -0.4 is 10.6 Å². The summed E-state index contributed by atoms with van der Waals surface area (Å²) in [4.78, 5) is 26.2. The Balaban J connectivity index is 1.54. The lowest BCUT2D eigenvalue weighted by molar-refractivity contribution is -0.116. The van der Waals surface area contributed by atoms with Crippen LogP contribution in [0.3, 0.4) is 0 Å². The van der Waals surface area contributed by atoms with E-state index >= 15 is 0 Å². The Labute approximate surface area is 171 Å². The van der Waals surface area contributed by atoms with Gasteiger partial charge in [-0.25, -0.2) is 8.78 Å². The second-order valence-electron chi connectivity index (χ2n) is 6.09. The van der Waals surface area contributed by atoms with Crippen molar-refractivity contribution in [3.63, 3.8) is 0 Å². The summed E-state index contributed by atoms with van der Waals surface area (Å²) in [5.74, 6) is -2.69. The van der Waals surface area contributed by atoms with Crippen LogP contribution >= 0.6 is 11.8 Å². The predicted octanol–water partition coefficient (Wildman–Crippen LogP) is 4.87. The number of hydrogen-bond donors (Lipinski definition) is 2. The average molecular weight is 412 g/mol. The first-order chi connectivity index (χ1) is 14.0. The number of halogens is 2. The van der Waals surface area contributed by atoms with Crippen molar-refractivity contribution in [2.75, 3.05) is 11.9 Å². The van der Waals surface area contributed by atoms with Crippen molar-refractivity contribution in [1.29, 1.82) is 0 Å². The Bertz CT molecular complexity index is 1010. The molecule has 0 aliphatic heterocycles. The molecule has 29 heavy (non-hydrogen) atoms. The van der Waals surface area contributed by atoms with Gasteiger partial charge in [-0.3, -0.25) is 9.59 Å². The number of nitrogens with one attached hydrogen (secondary N) is 2. The molecule has 3 rings (SSSR count). The molecule has 0 atom stereocenters. The van der Waals surface area contributed by atoms with E-state index in [9.17, 15) is 18.4 Å². The third-order valence-corrected chi connectivity index (χ3v) is 5.03. The Morgan fingerprint density at radius 1 is 0.897 bits per heavy atom. The maximum absolute atomic E-state index is 13.6. The molecule has 4 nitrogen and oxygen atoms in total. The Morgan fingerprint density at radius 3 is 2.38 bits per heavy atom. The Morgan fingerprint density at radius 2 is 1.62 bits per heavy atom. The van der Waals surface area contributed by atoms with E-state index in [1.165, 1.54) is 11.8 Å². The number of para-hydroxylation sites is 1. The zero-order valence-corrected chi connectivity index (χ0v) is 16.1. The SMILES string of the molecule is O=C(CCNC(=O)c1ccc(F)cc1F)Nc1ccccc1Sc1ccccc1. The number of anilines is 1. The third-order valence-electron chi connectivity index (χ3n) is 3.95. The molecule has 3 aromatic carbocycles. The summed E-state index contributed by atoms with van der Waals surface area (Å²) < 4.78 is 26.5. The minimum atomic E-state index is -0.946. The van der Waals surface area contributed by atoms with Crippen LogP contribution in [0, 0.1) is 11.6 Å². The Kier molecular flexibility index (Phi) is 6.97. The van der Waals surface area contributed by atoms with E-state index in [2.05, 4.69) is 10.6 Å². The lowest BCUT2D eigenvalue weighted by Gasteiger charge is -2.11. The van der Waals surface area contributed by atoms with E-state index < -0.39 is 17.5 Å². The maximum Gasteiger partial charge on any atom is 0.254 e. The quantitative estimate of drug-likeness (QED) is 0.582. The highest BCUT2D eigenvalue weighted by molar-refractivity contribution is 7.99. The van der Waals surface area contributed by atoms with Crippen LogP contribution in [0.5, 0.6) is 0 Å². The maximum atomic E-state index is 13.6. The molecule has 0 unspecified atom stereocenters. The molecule has 0 radical (unpaired) electrons. The largest absolute Gasteiger partial charge is 0.351 e. The zero-order chi connectivity index (χ0) is 20.6. The second kappa shape index (κ2) is 9.84. The molecule has 0 fully saturated rings. The van der Waals surface area contributed by atoms with Crippen LogP contribution in [0.15, 0.2) is 82.6 Å². The van der Waals surface area contributed by atoms with E-state index in [4.69, 9.17) is 0 Å². The smallest absolute Gasteiger partial charge is 0.254 e. The van der Waals surface area contributed by atoms with Crippen LogP contribution in [0.25, 0.3) is 0 Å². The first-order valence-electron chi connectivity index (χ1n) is 8.88. The van der Waals surface area contributed by atoms with Gasteiger partial charge < -0.3 is 10.6 Å². The van der Waals surface area contributed by atoms with Crippen LogP contribution in [0.4, 0.5) is 14.5 Å².